The van der Waals surface area contributed by atoms with Gasteiger partial charge in [-0.3, -0.25) is 45.2 Å². The number of nitrogens with two attached hydrogens (primary N) is 2. The van der Waals surface area contributed by atoms with Crippen LogP contribution in [0.4, 0.5) is 48.8 Å². The first kappa shape index (κ1) is 129. The third kappa shape index (κ3) is 48.3. The number of carbonyl (C=O) groups excluding carboxylic acids is 2. The summed E-state index contributed by atoms with van der Waals surface area (Å²) < 4.78 is 1.60. The Labute approximate surface area is 873 Å². The molecule has 2 amide bonds. The van der Waals surface area contributed by atoms with Crippen LogP contribution >= 0.6 is 139 Å². The zero-order chi connectivity index (χ0) is 91.7. The van der Waals surface area contributed by atoms with Crippen molar-refractivity contribution in [2.24, 2.45) is 10.8 Å². The molecule has 2 fully saturated rings. The van der Waals surface area contributed by atoms with Crippen LogP contribution in [-0.2, 0) is 22.7 Å². The molecule has 0 spiro atoms. The van der Waals surface area contributed by atoms with Crippen molar-refractivity contribution in [1.29, 1.82) is 0 Å². The van der Waals surface area contributed by atoms with E-state index in [-0.39, 0.29) is 89.0 Å². The van der Waals surface area contributed by atoms with Gasteiger partial charge in [0.1, 0.15) is 23.7 Å². The average molecular weight is 2200 g/mol. The number of aromatic nitrogens is 15. The maximum absolute atomic E-state index is 11.9. The van der Waals surface area contributed by atoms with E-state index in [1.54, 1.807) is 84.1 Å². The van der Waals surface area contributed by atoms with Crippen LogP contribution in [0.25, 0.3) is 52.2 Å². The average Bonchev–Trinajstić information content (AvgIpc) is 1.61. The van der Waals surface area contributed by atoms with Gasteiger partial charge in [-0.15, -0.1) is 22.7 Å². The zero-order valence-electron chi connectivity index (χ0n) is 71.9. The van der Waals surface area contributed by atoms with Crippen molar-refractivity contribution in [1.82, 2.24) is 85.7 Å². The Morgan fingerprint density at radius 2 is 0.772 bits per heavy atom. The monoisotopic (exact) mass is 2200 g/mol. The molecule has 17 rings (SSSR count). The molecule has 2 aliphatic rings. The van der Waals surface area contributed by atoms with Gasteiger partial charge in [-0.2, -0.15) is 0 Å². The molecule has 0 saturated carbocycles. The van der Waals surface area contributed by atoms with Crippen LogP contribution in [0.1, 0.15) is 135 Å². The molecule has 0 aliphatic carbocycles. The first-order valence-electron chi connectivity index (χ1n) is 39.0. The fraction of sp³-hybridized carbons (Fsp3) is 0.316. The Morgan fingerprint density at radius 1 is 0.412 bits per heavy atom. The molecular formula is C95H130BrCl6CuN25O2S6. The van der Waals surface area contributed by atoms with Crippen molar-refractivity contribution in [2.75, 3.05) is 90.0 Å². The van der Waals surface area contributed by atoms with E-state index in [2.05, 4.69) is 171 Å². The molecule has 0 radical (unpaired) electrons. The van der Waals surface area contributed by atoms with Crippen LogP contribution < -0.4 is 71.0 Å². The number of H-pyrrole nitrogens is 1. The predicted octanol–water partition coefficient (Wildman–Crippen LogP) is 23.8. The summed E-state index contributed by atoms with van der Waals surface area (Å²) in [7, 11) is 9.34. The summed E-state index contributed by atoms with van der Waals surface area (Å²) in [5.41, 5.74) is 22.7. The van der Waals surface area contributed by atoms with Crippen LogP contribution in [0.5, 0.6) is 0 Å². The second kappa shape index (κ2) is 67.9. The number of carbonyl (C=O) groups is 2. The van der Waals surface area contributed by atoms with Crippen molar-refractivity contribution >= 4 is 200 Å². The van der Waals surface area contributed by atoms with E-state index in [0.29, 0.717) is 36.4 Å². The Hall–Kier alpha value is -9.31. The molecule has 41 heteroatoms. The molecule has 17 heterocycles. The van der Waals surface area contributed by atoms with Crippen LogP contribution in [0.2, 0.25) is 14.5 Å². The quantitative estimate of drug-likeness (QED) is 0.0513. The van der Waals surface area contributed by atoms with Gasteiger partial charge in [0.25, 0.3) is 0 Å². The fourth-order valence-corrected chi connectivity index (χ4v) is 15.1. The molecule has 0 atom stereocenters. The summed E-state index contributed by atoms with van der Waals surface area (Å²) in [6.07, 6.45) is 26.9. The van der Waals surface area contributed by atoms with Gasteiger partial charge in [-0.25, -0.2) is 44.9 Å². The molecule has 0 bridgehead atoms. The number of hydrogen-bond donors (Lipinski definition) is 9. The van der Waals surface area contributed by atoms with Crippen LogP contribution in [0, 0.1) is 52.4 Å². The Balaban J connectivity index is 0. The van der Waals surface area contributed by atoms with E-state index in [4.69, 9.17) is 46.3 Å². The number of halogens is 7. The van der Waals surface area contributed by atoms with E-state index >= 15 is 0 Å². The molecule has 2 saturated heterocycles. The number of nitrogen functional groups attached to an aromatic ring is 2. The van der Waals surface area contributed by atoms with Crippen molar-refractivity contribution in [2.45, 2.75) is 142 Å². The zero-order valence-corrected chi connectivity index (χ0v) is 83.8. The molecule has 743 valence electrons. The number of nitrogens with zero attached hydrogens (tertiary/aromatic N) is 15. The standard InChI is InChI=1S/C18H20N6S.C14H11ClN4S.C14H17N3OS.C9H7ClN2S.C9H9N3S.C8H12N2OS.C6H6BrN.C5H5ClN2.C4H10N2.8CH4.3ClH.Cu/c1-13-2-3-14(11-21-13)16-12-22-18(25-16)23-17-10-15(4-5-20-17)24-8-6-19-7-9-24;1-9-2-3-10(7-17-9)12-8-18-14(20-12)19-13-6-11(15)4-5-16-13;1-9-5-6-10(7-15-9)11-8-16-13(19-11)17-12(18)14(2,3)4;2*1-6-2-3-7(4-11-6)8-5-12-9(10)13-8;1-8(2,3)6(11)10-7-9-4-5-12-7;1-5-2-3-6(7)4-8-5;6-4-1-2-8-5(7)3-4;1-2-6-4-3-5-1;;;;;;;;;;;;/h2-5,10-12,19H,6-9H2,1H3,(H,20,22,23);2-8H,1H3,(H,16,18,19);5-8H,1-4H3,(H,16,17,18);2-5H,1H3;2-5H,1H3,(H2,10,12);4-5H,1-3H3,(H,9,10,11);2-4H,1H3;1-3H,(H2,7,8);5-6H,1-4H2;8*1H4;3*1H;/q;;;;;;;;;;;;;;;;;;;;+2/p-2. The molecule has 2 aliphatic heterocycles. The van der Waals surface area contributed by atoms with E-state index in [1.807, 2.05) is 211 Å². The number of pyridine rings is 9. The third-order valence-electron chi connectivity index (χ3n) is 16.8. The third-order valence-corrected chi connectivity index (χ3v) is 23.4. The number of hydrogen-bond acceptors (Lipinski definition) is 30. The van der Waals surface area contributed by atoms with Gasteiger partial charge in [0, 0.05) is 244 Å². The first-order valence-corrected chi connectivity index (χ1v) is 48.5. The van der Waals surface area contributed by atoms with Crippen LogP contribution in [0.3, 0.4) is 0 Å². The minimum absolute atomic E-state index is 0. The van der Waals surface area contributed by atoms with Crippen LogP contribution in [-0.4, -0.2) is 134 Å². The minimum atomic E-state index is -0.419. The van der Waals surface area contributed by atoms with E-state index in [1.165, 1.54) is 51.0 Å². The summed E-state index contributed by atoms with van der Waals surface area (Å²) in [6.45, 7) is 31.7. The second-order valence-electron chi connectivity index (χ2n) is 29.2. The summed E-state index contributed by atoms with van der Waals surface area (Å²) in [5, 5.41) is 28.5. The van der Waals surface area contributed by atoms with E-state index in [9.17, 15) is 9.59 Å². The Morgan fingerprint density at radius 3 is 1.10 bits per heavy atom. The van der Waals surface area contributed by atoms with Gasteiger partial charge in [0.15, 0.2) is 25.0 Å². The Kier molecular flexibility index (Phi) is 64.2. The van der Waals surface area contributed by atoms with Crippen molar-refractivity contribution < 1.29 is 40.1 Å². The normalized spacial score (nSPS) is 11.1. The number of anilines is 9. The van der Waals surface area contributed by atoms with Crippen molar-refractivity contribution in [3.05, 3.63) is 261 Å². The second-order valence-corrected chi connectivity index (χ2v) is 39.2. The van der Waals surface area contributed by atoms with E-state index < -0.39 is 5.41 Å². The van der Waals surface area contributed by atoms with Gasteiger partial charge in [0.2, 0.25) is 11.8 Å². The summed E-state index contributed by atoms with van der Waals surface area (Å²) in [6, 6.07) is 35.0. The molecule has 0 aromatic carbocycles. The fourth-order valence-electron chi connectivity index (χ4n) is 9.94. The number of aryl methyl sites for hydroxylation is 6. The molecule has 27 nitrogen and oxygen atoms in total. The topological polar surface area (TPSA) is 368 Å². The van der Waals surface area contributed by atoms with Crippen LogP contribution in [0.15, 0.2) is 212 Å². The van der Waals surface area contributed by atoms with Gasteiger partial charge in [0.05, 0.1) is 24.4 Å². The molecular weight excluding hydrogens is 2070 g/mol. The van der Waals surface area contributed by atoms with Gasteiger partial charge in [-0.05, 0) is 142 Å². The van der Waals surface area contributed by atoms with Gasteiger partial charge < -0.3 is 60.3 Å². The number of nitrogens with one attached hydrogen (secondary N) is 8. The summed E-state index contributed by atoms with van der Waals surface area (Å²) >= 11 is 30.2. The number of thiazole rings is 6. The summed E-state index contributed by atoms with van der Waals surface area (Å²) in [4.78, 5) is 92.5. The predicted molar refractivity (Wildman–Crippen MR) is 584 cm³/mol. The number of rotatable bonds is 12. The number of amides is 2. The van der Waals surface area contributed by atoms with Crippen molar-refractivity contribution in [3.63, 3.8) is 0 Å². The molecule has 15 aromatic rings. The van der Waals surface area contributed by atoms with Gasteiger partial charge >= 0.3 is 38.5 Å². The SMILES string of the molecule is C.C.C.C.C.C.C.C.C1CNCCN1.CC(C)(C)C(=O)Nc1nccs1.Cc1ccc(-c2c[nH+]c(N)s2)cn1.Cc1ccc(-c2cnc(Cl)s2)cn1.Cc1ccc(-c2cnc(NC(=O)C(C)(C)C)s2)cn1.Cc1ccc(-c2cnc(Nc3cc(Cl)ccn3)s2)cn1.Cc1ccc(-c2cnc(Nc3cc(N4CCNCC4)ccn3)s2)cn1.Cc1ccc(Br)cn1.Nc1cc(Cl)ccn1.[Cl-].[Cl][Cu][Cl]. The molecule has 15 aromatic heterocycles. The molecule has 136 heavy (non-hydrogen) atoms. The number of piperazine rings is 2. The number of aromatic amines is 1. The first-order chi connectivity index (χ1) is 60.8. The Bertz CT molecular complexity index is 5600. The van der Waals surface area contributed by atoms with Gasteiger partial charge in [-0.1, -0.05) is 200 Å². The van der Waals surface area contributed by atoms with Crippen molar-refractivity contribution in [3.8, 4) is 52.2 Å². The maximum atomic E-state index is 11.9. The van der Waals surface area contributed by atoms with E-state index in [0.717, 1.165) is 178 Å². The summed E-state index contributed by atoms with van der Waals surface area (Å²) in [5.74, 6) is 1.92. The molecule has 12 N–H and O–H groups in total. The molecule has 0 unspecified atom stereocenters.